The smallest absolute Gasteiger partial charge is 0.262 e. The van der Waals surface area contributed by atoms with Gasteiger partial charge in [-0.3, -0.25) is 9.59 Å². The minimum absolute atomic E-state index is 0.118. The van der Waals surface area contributed by atoms with Crippen molar-refractivity contribution in [3.05, 3.63) is 71.8 Å². The van der Waals surface area contributed by atoms with Crippen LogP contribution in [0.25, 0.3) is 0 Å². The van der Waals surface area contributed by atoms with Crippen LogP contribution in [0.1, 0.15) is 49.2 Å². The lowest BCUT2D eigenvalue weighted by molar-refractivity contribution is -0.118. The molecule has 9 nitrogen and oxygen atoms in total. The minimum atomic E-state index is -0.331. The van der Waals surface area contributed by atoms with Crippen LogP contribution in [0.15, 0.2) is 60.7 Å². The van der Waals surface area contributed by atoms with Crippen molar-refractivity contribution in [3.63, 3.8) is 0 Å². The second-order valence-corrected chi connectivity index (χ2v) is 9.61. The molecule has 3 aromatic rings. The molecule has 0 saturated heterocycles. The largest absolute Gasteiger partial charge is 0.494 e. The molecule has 0 spiro atoms. The van der Waals surface area contributed by atoms with Crippen LogP contribution in [0.4, 0.5) is 5.69 Å². The molecule has 3 aromatic carbocycles. The number of nitrogens with one attached hydrogen (secondary N) is 2. The van der Waals surface area contributed by atoms with Crippen LogP contribution < -0.4 is 34.3 Å². The minimum Gasteiger partial charge on any atom is -0.494 e. The highest BCUT2D eigenvalue weighted by molar-refractivity contribution is 5.95. The fraction of sp³-hybridized carbons (Fsp3) is 0.355. The molecule has 1 aliphatic rings. The van der Waals surface area contributed by atoms with Gasteiger partial charge in [0.1, 0.15) is 5.75 Å². The van der Waals surface area contributed by atoms with E-state index in [4.69, 9.17) is 23.7 Å². The maximum Gasteiger partial charge on any atom is 0.262 e. The van der Waals surface area contributed by atoms with Crippen LogP contribution in [0.5, 0.6) is 28.7 Å². The Kier molecular flexibility index (Phi) is 9.72. The zero-order chi connectivity index (χ0) is 28.5. The van der Waals surface area contributed by atoms with Gasteiger partial charge in [-0.05, 0) is 73.0 Å². The second-order valence-electron chi connectivity index (χ2n) is 9.61. The maximum absolute atomic E-state index is 13.3. The van der Waals surface area contributed by atoms with Crippen molar-refractivity contribution in [1.82, 2.24) is 5.32 Å². The Hall–Kier alpha value is -4.40. The first-order chi connectivity index (χ1) is 19.4. The molecule has 9 heteroatoms. The molecule has 4 rings (SSSR count). The molecule has 0 saturated carbocycles. The Morgan fingerprint density at radius 3 is 2.35 bits per heavy atom. The van der Waals surface area contributed by atoms with E-state index in [0.717, 1.165) is 17.7 Å². The van der Waals surface area contributed by atoms with Gasteiger partial charge in [0.25, 0.3) is 11.8 Å². The number of hydrogen-bond acceptors (Lipinski definition) is 7. The topological polar surface area (TPSA) is 104 Å². The van der Waals surface area contributed by atoms with Crippen molar-refractivity contribution < 1.29 is 33.3 Å². The van der Waals surface area contributed by atoms with E-state index in [1.165, 1.54) is 7.11 Å². The fourth-order valence-electron chi connectivity index (χ4n) is 4.30. The van der Waals surface area contributed by atoms with E-state index in [-0.39, 0.29) is 30.4 Å². The van der Waals surface area contributed by atoms with Gasteiger partial charge >= 0.3 is 0 Å². The molecule has 1 atom stereocenters. The molecule has 0 aliphatic carbocycles. The quantitative estimate of drug-likeness (QED) is 0.331. The van der Waals surface area contributed by atoms with Gasteiger partial charge < -0.3 is 34.3 Å². The first-order valence-corrected chi connectivity index (χ1v) is 13.4. The number of anilines is 1. The van der Waals surface area contributed by atoms with E-state index in [1.807, 2.05) is 39.0 Å². The Morgan fingerprint density at radius 2 is 1.65 bits per heavy atom. The Bertz CT molecular complexity index is 1310. The molecule has 1 aliphatic heterocycles. The van der Waals surface area contributed by atoms with Gasteiger partial charge in [0, 0.05) is 17.7 Å². The van der Waals surface area contributed by atoms with Gasteiger partial charge in [0.2, 0.25) is 0 Å². The maximum atomic E-state index is 13.3. The van der Waals surface area contributed by atoms with E-state index < -0.39 is 0 Å². The summed E-state index contributed by atoms with van der Waals surface area (Å²) in [6, 6.07) is 17.5. The van der Waals surface area contributed by atoms with Gasteiger partial charge in [-0.15, -0.1) is 0 Å². The highest BCUT2D eigenvalue weighted by Gasteiger charge is 2.22. The third-order valence-electron chi connectivity index (χ3n) is 6.32. The van der Waals surface area contributed by atoms with Crippen molar-refractivity contribution in [2.24, 2.45) is 5.92 Å². The molecule has 0 fully saturated rings. The normalized spacial score (nSPS) is 13.1. The van der Waals surface area contributed by atoms with Crippen molar-refractivity contribution >= 4 is 17.5 Å². The van der Waals surface area contributed by atoms with Gasteiger partial charge in [-0.1, -0.05) is 19.9 Å². The van der Waals surface area contributed by atoms with E-state index in [0.29, 0.717) is 54.1 Å². The SMILES string of the molecule is CCOc1ccc(NC(=O)COc2ccc(C(=O)NC(c3ccc4c(c3)OCCCO4)C(C)C)cc2OC)cc1. The number of hydrogen-bond donors (Lipinski definition) is 2. The summed E-state index contributed by atoms with van der Waals surface area (Å²) in [7, 11) is 1.48. The van der Waals surface area contributed by atoms with Crippen molar-refractivity contribution in [3.8, 4) is 28.7 Å². The first kappa shape index (κ1) is 28.6. The van der Waals surface area contributed by atoms with Gasteiger partial charge in [-0.25, -0.2) is 0 Å². The zero-order valence-electron chi connectivity index (χ0n) is 23.3. The average Bonchev–Trinajstić information content (AvgIpc) is 3.20. The number of methoxy groups -OCH3 is 1. The number of benzene rings is 3. The molecular formula is C31H36N2O7. The number of carbonyl (C=O) groups is 2. The molecule has 2 amide bonds. The number of rotatable bonds is 11. The lowest BCUT2D eigenvalue weighted by Gasteiger charge is -2.24. The molecule has 212 valence electrons. The fourth-order valence-corrected chi connectivity index (χ4v) is 4.30. The molecule has 0 radical (unpaired) electrons. The van der Waals surface area contributed by atoms with Crippen molar-refractivity contribution in [1.29, 1.82) is 0 Å². The summed E-state index contributed by atoms with van der Waals surface area (Å²) in [6.45, 7) is 7.55. The Balaban J connectivity index is 1.39. The van der Waals surface area contributed by atoms with Crippen molar-refractivity contribution in [2.45, 2.75) is 33.2 Å². The lowest BCUT2D eigenvalue weighted by Crippen LogP contribution is -2.31. The van der Waals surface area contributed by atoms with Crippen LogP contribution in [0.2, 0.25) is 0 Å². The summed E-state index contributed by atoms with van der Waals surface area (Å²) in [5.41, 5.74) is 1.96. The van der Waals surface area contributed by atoms with Crippen LogP contribution in [-0.2, 0) is 4.79 Å². The number of carbonyl (C=O) groups excluding carboxylic acids is 2. The monoisotopic (exact) mass is 548 g/mol. The zero-order valence-corrected chi connectivity index (χ0v) is 23.3. The van der Waals surface area contributed by atoms with E-state index in [9.17, 15) is 9.59 Å². The highest BCUT2D eigenvalue weighted by Crippen LogP contribution is 2.35. The molecule has 40 heavy (non-hydrogen) atoms. The molecular weight excluding hydrogens is 512 g/mol. The lowest BCUT2D eigenvalue weighted by atomic mass is 9.95. The van der Waals surface area contributed by atoms with E-state index >= 15 is 0 Å². The summed E-state index contributed by atoms with van der Waals surface area (Å²) in [5, 5.41) is 5.90. The number of ether oxygens (including phenoxy) is 5. The molecule has 0 aromatic heterocycles. The Morgan fingerprint density at radius 1 is 0.900 bits per heavy atom. The van der Waals surface area contributed by atoms with E-state index in [1.54, 1.807) is 42.5 Å². The Labute approximate surface area is 234 Å². The van der Waals surface area contributed by atoms with E-state index in [2.05, 4.69) is 10.6 Å². The first-order valence-electron chi connectivity index (χ1n) is 13.4. The van der Waals surface area contributed by atoms with Gasteiger partial charge in [-0.2, -0.15) is 0 Å². The molecule has 1 unspecified atom stereocenters. The van der Waals surface area contributed by atoms with Crippen LogP contribution in [-0.4, -0.2) is 45.4 Å². The predicted molar refractivity (Wildman–Crippen MR) is 152 cm³/mol. The summed E-state index contributed by atoms with van der Waals surface area (Å²) in [4.78, 5) is 25.7. The summed E-state index contributed by atoms with van der Waals surface area (Å²) < 4.78 is 28.1. The average molecular weight is 549 g/mol. The third kappa shape index (κ3) is 7.37. The van der Waals surface area contributed by atoms with Crippen LogP contribution >= 0.6 is 0 Å². The summed E-state index contributed by atoms with van der Waals surface area (Å²) >= 11 is 0. The standard InChI is InChI=1S/C31H36N2O7/c1-5-37-24-11-9-23(10-12-24)32-29(34)19-40-25-14-8-22(18-27(25)36-4)31(35)33-30(20(2)3)21-7-13-26-28(17-21)39-16-6-15-38-26/h7-14,17-18,20,30H,5-6,15-16,19H2,1-4H3,(H,32,34)(H,33,35). The molecule has 2 N–H and O–H groups in total. The summed E-state index contributed by atoms with van der Waals surface area (Å²) in [6.07, 6.45) is 0.823. The summed E-state index contributed by atoms with van der Waals surface area (Å²) in [5.74, 6) is 2.35. The second kappa shape index (κ2) is 13.6. The molecule has 1 heterocycles. The van der Waals surface area contributed by atoms with Crippen LogP contribution in [0, 0.1) is 5.92 Å². The highest BCUT2D eigenvalue weighted by atomic mass is 16.5. The van der Waals surface area contributed by atoms with Gasteiger partial charge in [0.15, 0.2) is 29.6 Å². The van der Waals surface area contributed by atoms with Gasteiger partial charge in [0.05, 0.1) is 33.0 Å². The van der Waals surface area contributed by atoms with Crippen molar-refractivity contribution in [2.75, 3.05) is 38.9 Å². The van der Waals surface area contributed by atoms with Crippen LogP contribution in [0.3, 0.4) is 0 Å². The number of amides is 2. The predicted octanol–water partition coefficient (Wildman–Crippen LogP) is 5.40. The molecule has 0 bridgehead atoms. The number of fused-ring (bicyclic) bond motifs is 1. The third-order valence-corrected chi connectivity index (χ3v) is 6.32.